The first-order valence-electron chi connectivity index (χ1n) is 6.04. The lowest BCUT2D eigenvalue weighted by Gasteiger charge is -2.24. The lowest BCUT2D eigenvalue weighted by molar-refractivity contribution is 0.0697. The normalized spacial score (nSPS) is 10.2. The van der Waals surface area contributed by atoms with E-state index in [-0.39, 0.29) is 5.56 Å². The first kappa shape index (κ1) is 13.0. The Bertz CT molecular complexity index is 558. The van der Waals surface area contributed by atoms with Crippen LogP contribution in [0.4, 0.5) is 5.69 Å². The van der Waals surface area contributed by atoms with Crippen LogP contribution in [-0.4, -0.2) is 27.6 Å². The number of carbonyl (C=O) groups is 1. The standard InChI is InChI=1S/C14H15N3O2/c1-2-17(10-11-5-3-4-7-16-11)13-6-8-15-9-12(13)14(18)19/h3-9H,2,10H2,1H3,(H,18,19). The second-order valence-corrected chi connectivity index (χ2v) is 4.03. The van der Waals surface area contributed by atoms with Gasteiger partial charge >= 0.3 is 5.97 Å². The molecule has 0 unspecified atom stereocenters. The third-order valence-corrected chi connectivity index (χ3v) is 2.83. The van der Waals surface area contributed by atoms with Crippen LogP contribution in [-0.2, 0) is 6.54 Å². The number of carboxylic acid groups (broad SMARTS) is 1. The zero-order valence-electron chi connectivity index (χ0n) is 10.7. The average Bonchev–Trinajstić information content (AvgIpc) is 2.46. The molecule has 19 heavy (non-hydrogen) atoms. The highest BCUT2D eigenvalue weighted by Gasteiger charge is 2.15. The molecule has 0 atom stereocenters. The largest absolute Gasteiger partial charge is 0.478 e. The second kappa shape index (κ2) is 5.95. The van der Waals surface area contributed by atoms with E-state index in [1.54, 1.807) is 18.5 Å². The molecule has 0 fully saturated rings. The molecule has 0 saturated carbocycles. The number of aromatic nitrogens is 2. The van der Waals surface area contributed by atoms with Crippen molar-refractivity contribution in [3.8, 4) is 0 Å². The van der Waals surface area contributed by atoms with Gasteiger partial charge in [0.2, 0.25) is 0 Å². The van der Waals surface area contributed by atoms with Crippen LogP contribution in [0.15, 0.2) is 42.9 Å². The Hall–Kier alpha value is -2.43. The molecule has 0 saturated heterocycles. The number of pyridine rings is 2. The molecule has 0 spiro atoms. The summed E-state index contributed by atoms with van der Waals surface area (Å²) in [6.07, 6.45) is 4.70. The summed E-state index contributed by atoms with van der Waals surface area (Å²) in [5, 5.41) is 9.19. The molecular weight excluding hydrogens is 242 g/mol. The smallest absolute Gasteiger partial charge is 0.339 e. The Morgan fingerprint density at radius 1 is 1.32 bits per heavy atom. The summed E-state index contributed by atoms with van der Waals surface area (Å²) in [7, 11) is 0. The van der Waals surface area contributed by atoms with Crippen molar-refractivity contribution in [2.75, 3.05) is 11.4 Å². The minimum absolute atomic E-state index is 0.209. The fourth-order valence-electron chi connectivity index (χ4n) is 1.88. The van der Waals surface area contributed by atoms with E-state index >= 15 is 0 Å². The summed E-state index contributed by atoms with van der Waals surface area (Å²) in [6, 6.07) is 7.41. The van der Waals surface area contributed by atoms with E-state index in [1.165, 1.54) is 6.20 Å². The van der Waals surface area contributed by atoms with Gasteiger partial charge in [0.05, 0.1) is 17.9 Å². The van der Waals surface area contributed by atoms with Crippen LogP contribution >= 0.6 is 0 Å². The fraction of sp³-hybridized carbons (Fsp3) is 0.214. The Labute approximate surface area is 111 Å². The highest BCUT2D eigenvalue weighted by molar-refractivity contribution is 5.94. The molecule has 0 bridgehead atoms. The van der Waals surface area contributed by atoms with Crippen molar-refractivity contribution < 1.29 is 9.90 Å². The van der Waals surface area contributed by atoms with Crippen molar-refractivity contribution >= 4 is 11.7 Å². The molecule has 5 heteroatoms. The zero-order chi connectivity index (χ0) is 13.7. The lowest BCUT2D eigenvalue weighted by atomic mass is 10.2. The number of aromatic carboxylic acids is 1. The van der Waals surface area contributed by atoms with Gasteiger partial charge in [0.25, 0.3) is 0 Å². The molecule has 2 rings (SSSR count). The van der Waals surface area contributed by atoms with Crippen LogP contribution in [0.2, 0.25) is 0 Å². The maximum absolute atomic E-state index is 11.2. The third-order valence-electron chi connectivity index (χ3n) is 2.83. The van der Waals surface area contributed by atoms with Gasteiger partial charge in [0.1, 0.15) is 5.56 Å². The van der Waals surface area contributed by atoms with Crippen LogP contribution < -0.4 is 4.90 Å². The predicted molar refractivity (Wildman–Crippen MR) is 72.2 cm³/mol. The van der Waals surface area contributed by atoms with Crippen molar-refractivity contribution in [3.05, 3.63) is 54.1 Å². The van der Waals surface area contributed by atoms with E-state index in [4.69, 9.17) is 0 Å². The van der Waals surface area contributed by atoms with E-state index in [1.807, 2.05) is 30.0 Å². The minimum Gasteiger partial charge on any atom is -0.478 e. The van der Waals surface area contributed by atoms with E-state index < -0.39 is 5.97 Å². The number of nitrogens with zero attached hydrogens (tertiary/aromatic N) is 3. The second-order valence-electron chi connectivity index (χ2n) is 4.03. The van der Waals surface area contributed by atoms with Gasteiger partial charge in [-0.15, -0.1) is 0 Å². The molecule has 98 valence electrons. The van der Waals surface area contributed by atoms with Gasteiger partial charge in [0.15, 0.2) is 0 Å². The summed E-state index contributed by atoms with van der Waals surface area (Å²) in [4.78, 5) is 21.3. The zero-order valence-corrected chi connectivity index (χ0v) is 10.7. The lowest BCUT2D eigenvalue weighted by Crippen LogP contribution is -2.24. The van der Waals surface area contributed by atoms with Crippen molar-refractivity contribution in [2.45, 2.75) is 13.5 Å². The SMILES string of the molecule is CCN(Cc1ccccn1)c1ccncc1C(=O)O. The summed E-state index contributed by atoms with van der Waals surface area (Å²) in [5.74, 6) is -0.970. The Balaban J connectivity index is 2.30. The minimum atomic E-state index is -0.970. The van der Waals surface area contributed by atoms with Gasteiger partial charge in [0, 0.05) is 25.1 Å². The van der Waals surface area contributed by atoms with Crippen molar-refractivity contribution in [1.82, 2.24) is 9.97 Å². The molecule has 1 N–H and O–H groups in total. The first-order valence-corrected chi connectivity index (χ1v) is 6.04. The van der Waals surface area contributed by atoms with Crippen LogP contribution in [0.3, 0.4) is 0 Å². The summed E-state index contributed by atoms with van der Waals surface area (Å²) >= 11 is 0. The Morgan fingerprint density at radius 2 is 2.16 bits per heavy atom. The summed E-state index contributed by atoms with van der Waals surface area (Å²) < 4.78 is 0. The van der Waals surface area contributed by atoms with Gasteiger partial charge in [-0.3, -0.25) is 9.97 Å². The monoisotopic (exact) mass is 257 g/mol. The van der Waals surface area contributed by atoms with Gasteiger partial charge in [-0.25, -0.2) is 4.79 Å². The molecular formula is C14H15N3O2. The van der Waals surface area contributed by atoms with Gasteiger partial charge in [-0.1, -0.05) is 6.07 Å². The summed E-state index contributed by atoms with van der Waals surface area (Å²) in [6.45, 7) is 3.25. The molecule has 0 aliphatic rings. The predicted octanol–water partition coefficient (Wildman–Crippen LogP) is 2.20. The van der Waals surface area contributed by atoms with E-state index in [2.05, 4.69) is 9.97 Å². The van der Waals surface area contributed by atoms with Gasteiger partial charge in [-0.05, 0) is 25.1 Å². The number of hydrogen-bond donors (Lipinski definition) is 1. The topological polar surface area (TPSA) is 66.3 Å². The van der Waals surface area contributed by atoms with Crippen molar-refractivity contribution in [2.24, 2.45) is 0 Å². The molecule has 2 aromatic rings. The molecule has 2 aromatic heterocycles. The quantitative estimate of drug-likeness (QED) is 0.889. The highest BCUT2D eigenvalue weighted by Crippen LogP contribution is 2.20. The molecule has 0 aliphatic carbocycles. The van der Waals surface area contributed by atoms with Gasteiger partial charge < -0.3 is 10.0 Å². The number of anilines is 1. The van der Waals surface area contributed by atoms with Crippen molar-refractivity contribution in [1.29, 1.82) is 0 Å². The van der Waals surface area contributed by atoms with Crippen LogP contribution in [0.25, 0.3) is 0 Å². The fourth-order valence-corrected chi connectivity index (χ4v) is 1.88. The average molecular weight is 257 g/mol. The van der Waals surface area contributed by atoms with E-state index in [0.29, 0.717) is 18.8 Å². The molecule has 0 radical (unpaired) electrons. The maximum atomic E-state index is 11.2. The number of carboxylic acids is 1. The molecule has 0 amide bonds. The molecule has 0 aromatic carbocycles. The van der Waals surface area contributed by atoms with E-state index in [9.17, 15) is 9.90 Å². The van der Waals surface area contributed by atoms with Gasteiger partial charge in [-0.2, -0.15) is 0 Å². The van der Waals surface area contributed by atoms with E-state index in [0.717, 1.165) is 5.69 Å². The Kier molecular flexibility index (Phi) is 4.07. The number of rotatable bonds is 5. The summed E-state index contributed by atoms with van der Waals surface area (Å²) in [5.41, 5.74) is 1.77. The number of hydrogen-bond acceptors (Lipinski definition) is 4. The van der Waals surface area contributed by atoms with Crippen LogP contribution in [0.5, 0.6) is 0 Å². The maximum Gasteiger partial charge on any atom is 0.339 e. The first-order chi connectivity index (χ1) is 9.22. The third kappa shape index (κ3) is 3.07. The molecule has 0 aliphatic heterocycles. The van der Waals surface area contributed by atoms with Crippen molar-refractivity contribution in [3.63, 3.8) is 0 Å². The highest BCUT2D eigenvalue weighted by atomic mass is 16.4. The molecule has 5 nitrogen and oxygen atoms in total. The molecule has 2 heterocycles. The Morgan fingerprint density at radius 3 is 2.79 bits per heavy atom. The van der Waals surface area contributed by atoms with Crippen LogP contribution in [0, 0.1) is 0 Å². The van der Waals surface area contributed by atoms with Crippen LogP contribution in [0.1, 0.15) is 23.0 Å².